The third-order valence-electron chi connectivity index (χ3n) is 4.54. The molecule has 0 amide bonds. The predicted octanol–water partition coefficient (Wildman–Crippen LogP) is 3.22. The summed E-state index contributed by atoms with van der Waals surface area (Å²) in [7, 11) is 0. The van der Waals surface area contributed by atoms with Gasteiger partial charge in [0.25, 0.3) is 0 Å². The molecule has 25 heavy (non-hydrogen) atoms. The van der Waals surface area contributed by atoms with Crippen molar-refractivity contribution in [2.24, 2.45) is 0 Å². The van der Waals surface area contributed by atoms with Gasteiger partial charge in [0, 0.05) is 31.9 Å². The first-order valence-corrected chi connectivity index (χ1v) is 8.11. The molecule has 1 saturated heterocycles. The van der Waals surface area contributed by atoms with Crippen LogP contribution < -0.4 is 9.80 Å². The van der Waals surface area contributed by atoms with Crippen LogP contribution in [0, 0.1) is 13.8 Å². The molecule has 0 spiro atoms. The van der Waals surface area contributed by atoms with Crippen molar-refractivity contribution < 1.29 is 13.2 Å². The summed E-state index contributed by atoms with van der Waals surface area (Å²) in [5, 5.41) is 8.42. The summed E-state index contributed by atoms with van der Waals surface area (Å²) in [4.78, 5) is 8.16. The van der Waals surface area contributed by atoms with Gasteiger partial charge in [0.1, 0.15) is 5.82 Å². The molecule has 2 aromatic rings. The second-order valence-electron chi connectivity index (χ2n) is 6.36. The standard InChI is InChI=1S/C17H20F3N5/c1-11-8-16(23-22-13(11)3)24-6-7-25(12(2)10-24)15-5-4-14(9-21-15)17(18,19)20/h4-5,8-9,12H,6-7,10H2,1-3H3. The Kier molecular flexibility index (Phi) is 4.53. The zero-order valence-electron chi connectivity index (χ0n) is 14.4. The summed E-state index contributed by atoms with van der Waals surface area (Å²) < 4.78 is 38.0. The highest BCUT2D eigenvalue weighted by Gasteiger charge is 2.31. The zero-order chi connectivity index (χ0) is 18.2. The van der Waals surface area contributed by atoms with E-state index in [-0.39, 0.29) is 6.04 Å². The van der Waals surface area contributed by atoms with Gasteiger partial charge < -0.3 is 9.80 Å². The first kappa shape index (κ1) is 17.4. The highest BCUT2D eigenvalue weighted by atomic mass is 19.4. The molecule has 0 N–H and O–H groups in total. The quantitative estimate of drug-likeness (QED) is 0.831. The number of pyridine rings is 1. The van der Waals surface area contributed by atoms with Gasteiger partial charge in [-0.25, -0.2) is 4.98 Å². The SMILES string of the molecule is Cc1cc(N2CCN(c3ccc(C(F)(F)F)cn3)C(C)C2)nnc1C. The Morgan fingerprint density at radius 1 is 1.08 bits per heavy atom. The largest absolute Gasteiger partial charge is 0.417 e. The van der Waals surface area contributed by atoms with E-state index in [0.717, 1.165) is 29.3 Å². The van der Waals surface area contributed by atoms with Crippen LogP contribution in [0.25, 0.3) is 0 Å². The lowest BCUT2D eigenvalue weighted by Crippen LogP contribution is -2.52. The van der Waals surface area contributed by atoms with Crippen molar-refractivity contribution in [3.05, 3.63) is 41.2 Å². The van der Waals surface area contributed by atoms with Gasteiger partial charge >= 0.3 is 6.18 Å². The third-order valence-corrected chi connectivity index (χ3v) is 4.54. The number of aryl methyl sites for hydroxylation is 2. The van der Waals surface area contributed by atoms with E-state index in [0.29, 0.717) is 25.5 Å². The highest BCUT2D eigenvalue weighted by molar-refractivity contribution is 5.47. The molecule has 1 aliphatic heterocycles. The first-order chi connectivity index (χ1) is 11.8. The number of aromatic nitrogens is 3. The fourth-order valence-corrected chi connectivity index (χ4v) is 2.92. The number of hydrogen-bond donors (Lipinski definition) is 0. The average Bonchev–Trinajstić information content (AvgIpc) is 2.56. The highest BCUT2D eigenvalue weighted by Crippen LogP contribution is 2.30. The molecule has 0 aliphatic carbocycles. The Morgan fingerprint density at radius 2 is 1.84 bits per heavy atom. The van der Waals surface area contributed by atoms with E-state index in [4.69, 9.17) is 0 Å². The van der Waals surface area contributed by atoms with Crippen molar-refractivity contribution in [1.29, 1.82) is 0 Å². The topological polar surface area (TPSA) is 45.2 Å². The molecule has 0 aromatic carbocycles. The number of halogens is 3. The average molecular weight is 351 g/mol. The van der Waals surface area contributed by atoms with Crippen LogP contribution in [0.4, 0.5) is 24.8 Å². The van der Waals surface area contributed by atoms with E-state index in [1.807, 2.05) is 31.7 Å². The van der Waals surface area contributed by atoms with Crippen LogP contribution in [0.5, 0.6) is 0 Å². The molecule has 0 bridgehead atoms. The summed E-state index contributed by atoms with van der Waals surface area (Å²) in [6, 6.07) is 4.63. The normalized spacial score (nSPS) is 18.6. The van der Waals surface area contributed by atoms with Crippen LogP contribution in [0.3, 0.4) is 0 Å². The Balaban J connectivity index is 1.72. The Bertz CT molecular complexity index is 745. The minimum Gasteiger partial charge on any atom is -0.351 e. The smallest absolute Gasteiger partial charge is 0.351 e. The summed E-state index contributed by atoms with van der Waals surface area (Å²) in [5.74, 6) is 1.39. The second-order valence-corrected chi connectivity index (χ2v) is 6.36. The Labute approximate surface area is 144 Å². The van der Waals surface area contributed by atoms with Gasteiger partial charge in [0.05, 0.1) is 11.3 Å². The van der Waals surface area contributed by atoms with Crippen LogP contribution in [0.15, 0.2) is 24.4 Å². The number of rotatable bonds is 2. The van der Waals surface area contributed by atoms with Crippen molar-refractivity contribution >= 4 is 11.6 Å². The molecular weight excluding hydrogens is 331 g/mol. The minimum atomic E-state index is -4.36. The molecule has 1 aliphatic rings. The molecule has 5 nitrogen and oxygen atoms in total. The lowest BCUT2D eigenvalue weighted by molar-refractivity contribution is -0.137. The monoisotopic (exact) mass is 351 g/mol. The van der Waals surface area contributed by atoms with Crippen LogP contribution in [0.1, 0.15) is 23.7 Å². The summed E-state index contributed by atoms with van der Waals surface area (Å²) in [6.07, 6.45) is -3.47. The fraction of sp³-hybridized carbons (Fsp3) is 0.471. The maximum Gasteiger partial charge on any atom is 0.417 e. The molecule has 3 heterocycles. The molecule has 1 unspecified atom stereocenters. The predicted molar refractivity (Wildman–Crippen MR) is 89.8 cm³/mol. The summed E-state index contributed by atoms with van der Waals surface area (Å²) in [5.41, 5.74) is 1.27. The number of piperazine rings is 1. The van der Waals surface area contributed by atoms with Gasteiger partial charge in [-0.1, -0.05) is 0 Å². The lowest BCUT2D eigenvalue weighted by Gasteiger charge is -2.41. The van der Waals surface area contributed by atoms with Crippen LogP contribution >= 0.6 is 0 Å². The number of alkyl halides is 3. The van der Waals surface area contributed by atoms with Crippen molar-refractivity contribution in [3.8, 4) is 0 Å². The molecule has 3 rings (SSSR count). The van der Waals surface area contributed by atoms with Gasteiger partial charge in [-0.15, -0.1) is 5.10 Å². The van der Waals surface area contributed by atoms with E-state index in [1.165, 1.54) is 6.07 Å². The zero-order valence-corrected chi connectivity index (χ0v) is 14.4. The molecule has 1 atom stereocenters. The Morgan fingerprint density at radius 3 is 2.40 bits per heavy atom. The van der Waals surface area contributed by atoms with E-state index < -0.39 is 11.7 Å². The summed E-state index contributed by atoms with van der Waals surface area (Å²) in [6.45, 7) is 8.03. The summed E-state index contributed by atoms with van der Waals surface area (Å²) >= 11 is 0. The maximum atomic E-state index is 12.7. The molecule has 0 saturated carbocycles. The molecule has 134 valence electrons. The van der Waals surface area contributed by atoms with Crippen LogP contribution in [-0.2, 0) is 6.18 Å². The van der Waals surface area contributed by atoms with Crippen LogP contribution in [0.2, 0.25) is 0 Å². The molecule has 1 fully saturated rings. The Hall–Kier alpha value is -2.38. The van der Waals surface area contributed by atoms with E-state index in [1.54, 1.807) is 0 Å². The molecule has 0 radical (unpaired) electrons. The van der Waals surface area contributed by atoms with Crippen molar-refractivity contribution in [1.82, 2.24) is 15.2 Å². The second kappa shape index (κ2) is 6.50. The first-order valence-electron chi connectivity index (χ1n) is 8.11. The minimum absolute atomic E-state index is 0.0985. The van der Waals surface area contributed by atoms with Crippen molar-refractivity contribution in [3.63, 3.8) is 0 Å². The van der Waals surface area contributed by atoms with Gasteiger partial charge in [-0.2, -0.15) is 18.3 Å². The van der Waals surface area contributed by atoms with Gasteiger partial charge in [0.2, 0.25) is 0 Å². The number of nitrogens with zero attached hydrogens (tertiary/aromatic N) is 5. The fourth-order valence-electron chi connectivity index (χ4n) is 2.92. The van der Waals surface area contributed by atoms with E-state index >= 15 is 0 Å². The van der Waals surface area contributed by atoms with Crippen LogP contribution in [-0.4, -0.2) is 40.9 Å². The van der Waals surface area contributed by atoms with Gasteiger partial charge in [-0.05, 0) is 44.5 Å². The number of hydrogen-bond acceptors (Lipinski definition) is 5. The van der Waals surface area contributed by atoms with Crippen molar-refractivity contribution in [2.75, 3.05) is 29.4 Å². The molecular formula is C17H20F3N5. The van der Waals surface area contributed by atoms with E-state index in [2.05, 4.69) is 20.1 Å². The van der Waals surface area contributed by atoms with Crippen molar-refractivity contribution in [2.45, 2.75) is 33.0 Å². The lowest BCUT2D eigenvalue weighted by atomic mass is 10.1. The van der Waals surface area contributed by atoms with Gasteiger partial charge in [-0.3, -0.25) is 0 Å². The molecule has 2 aromatic heterocycles. The number of anilines is 2. The molecule has 8 heteroatoms. The van der Waals surface area contributed by atoms with E-state index in [9.17, 15) is 13.2 Å². The third kappa shape index (κ3) is 3.67. The van der Waals surface area contributed by atoms with Gasteiger partial charge in [0.15, 0.2) is 5.82 Å². The maximum absolute atomic E-state index is 12.7.